The number of hydrogen-bond donors (Lipinski definition) is 1. The van der Waals surface area contributed by atoms with Gasteiger partial charge in [-0.2, -0.15) is 13.2 Å². The third-order valence-electron chi connectivity index (χ3n) is 6.63. The first-order chi connectivity index (χ1) is 13.3. The zero-order chi connectivity index (χ0) is 19.9. The maximum Gasteiger partial charge on any atom is 0.416 e. The average Bonchev–Trinajstić information content (AvgIpc) is 2.98. The van der Waals surface area contributed by atoms with Gasteiger partial charge in [0.05, 0.1) is 17.1 Å². The van der Waals surface area contributed by atoms with Gasteiger partial charge in [-0.15, -0.1) is 0 Å². The van der Waals surface area contributed by atoms with E-state index in [4.69, 9.17) is 0 Å². The molecule has 154 valence electrons. The molecule has 3 aliphatic rings. The summed E-state index contributed by atoms with van der Waals surface area (Å²) in [6.07, 6.45) is 1.88. The SMILES string of the molecule is O=C1N([C@H]2CC[C@H](O)CC2)CC[C@@]12CCCN(c1cc(C(F)(F)F)ccn1)C2. The van der Waals surface area contributed by atoms with Crippen molar-refractivity contribution >= 4 is 11.7 Å². The summed E-state index contributed by atoms with van der Waals surface area (Å²) in [6, 6.07) is 2.24. The first-order valence-corrected chi connectivity index (χ1v) is 10.1. The minimum atomic E-state index is -4.41. The molecule has 4 rings (SSSR count). The van der Waals surface area contributed by atoms with Gasteiger partial charge >= 0.3 is 6.18 Å². The fourth-order valence-corrected chi connectivity index (χ4v) is 5.04. The number of amides is 1. The zero-order valence-corrected chi connectivity index (χ0v) is 15.8. The molecule has 1 amide bonds. The van der Waals surface area contributed by atoms with E-state index >= 15 is 0 Å². The molecule has 28 heavy (non-hydrogen) atoms. The molecule has 3 fully saturated rings. The first kappa shape index (κ1) is 19.5. The van der Waals surface area contributed by atoms with E-state index in [1.54, 1.807) is 0 Å². The van der Waals surface area contributed by atoms with E-state index in [1.807, 2.05) is 9.80 Å². The van der Waals surface area contributed by atoms with Crippen LogP contribution in [0.4, 0.5) is 19.0 Å². The Morgan fingerprint density at radius 1 is 1.14 bits per heavy atom. The number of aliphatic hydroxyl groups is 1. The van der Waals surface area contributed by atoms with Crippen LogP contribution in [-0.2, 0) is 11.0 Å². The summed E-state index contributed by atoms with van der Waals surface area (Å²) in [5.41, 5.74) is -1.23. The highest BCUT2D eigenvalue weighted by atomic mass is 19.4. The van der Waals surface area contributed by atoms with Crippen LogP contribution in [0.15, 0.2) is 18.3 Å². The summed E-state index contributed by atoms with van der Waals surface area (Å²) < 4.78 is 39.2. The number of carbonyl (C=O) groups is 1. The normalized spacial score (nSPS) is 31.6. The van der Waals surface area contributed by atoms with Crippen molar-refractivity contribution in [2.45, 2.75) is 63.3 Å². The summed E-state index contributed by atoms with van der Waals surface area (Å²) in [4.78, 5) is 21.3. The van der Waals surface area contributed by atoms with E-state index < -0.39 is 17.2 Å². The van der Waals surface area contributed by atoms with Crippen molar-refractivity contribution in [3.63, 3.8) is 0 Å². The van der Waals surface area contributed by atoms with Gasteiger partial charge in [-0.05, 0) is 57.1 Å². The van der Waals surface area contributed by atoms with Gasteiger partial charge in [0.2, 0.25) is 5.91 Å². The van der Waals surface area contributed by atoms with Crippen LogP contribution in [0.3, 0.4) is 0 Å². The number of aliphatic hydroxyl groups excluding tert-OH is 1. The maximum atomic E-state index is 13.3. The molecule has 0 bridgehead atoms. The molecule has 5 nitrogen and oxygen atoms in total. The molecule has 2 aliphatic heterocycles. The van der Waals surface area contributed by atoms with Crippen LogP contribution < -0.4 is 4.90 Å². The number of pyridine rings is 1. The highest BCUT2D eigenvalue weighted by molar-refractivity contribution is 5.86. The van der Waals surface area contributed by atoms with E-state index in [1.165, 1.54) is 6.20 Å². The lowest BCUT2D eigenvalue weighted by molar-refractivity contribution is -0.139. The first-order valence-electron chi connectivity index (χ1n) is 10.1. The minimum absolute atomic E-state index is 0.130. The number of carbonyl (C=O) groups excluding carboxylic acids is 1. The van der Waals surface area contributed by atoms with Gasteiger partial charge in [0.1, 0.15) is 5.82 Å². The zero-order valence-electron chi connectivity index (χ0n) is 15.8. The maximum absolute atomic E-state index is 13.3. The van der Waals surface area contributed by atoms with E-state index in [-0.39, 0.29) is 18.1 Å². The highest BCUT2D eigenvalue weighted by Gasteiger charge is 2.50. The van der Waals surface area contributed by atoms with Crippen molar-refractivity contribution in [2.24, 2.45) is 5.41 Å². The molecule has 2 saturated heterocycles. The number of hydrogen-bond acceptors (Lipinski definition) is 4. The topological polar surface area (TPSA) is 56.7 Å². The molecule has 1 atom stereocenters. The second-order valence-corrected chi connectivity index (χ2v) is 8.42. The molecule has 1 aliphatic carbocycles. The number of nitrogens with zero attached hydrogens (tertiary/aromatic N) is 3. The molecular weight excluding hydrogens is 371 g/mol. The molecule has 3 heterocycles. The highest BCUT2D eigenvalue weighted by Crippen LogP contribution is 2.43. The molecule has 8 heteroatoms. The number of aromatic nitrogens is 1. The Kier molecular flexibility index (Phi) is 5.02. The Morgan fingerprint density at radius 2 is 1.89 bits per heavy atom. The van der Waals surface area contributed by atoms with Crippen molar-refractivity contribution in [2.75, 3.05) is 24.5 Å². The van der Waals surface area contributed by atoms with E-state index in [9.17, 15) is 23.1 Å². The van der Waals surface area contributed by atoms with E-state index in [0.29, 0.717) is 25.5 Å². The van der Waals surface area contributed by atoms with Gasteiger partial charge in [0.15, 0.2) is 0 Å². The quantitative estimate of drug-likeness (QED) is 0.833. The summed E-state index contributed by atoms with van der Waals surface area (Å²) >= 11 is 0. The second kappa shape index (κ2) is 7.21. The van der Waals surface area contributed by atoms with Gasteiger partial charge in [0.25, 0.3) is 0 Å². The summed E-state index contributed by atoms with van der Waals surface area (Å²) in [5, 5.41) is 9.72. The Morgan fingerprint density at radius 3 is 2.61 bits per heavy atom. The van der Waals surface area contributed by atoms with Gasteiger partial charge in [-0.3, -0.25) is 4.79 Å². The number of halogens is 3. The van der Waals surface area contributed by atoms with Crippen molar-refractivity contribution in [1.29, 1.82) is 0 Å². The summed E-state index contributed by atoms with van der Waals surface area (Å²) in [6.45, 7) is 1.73. The van der Waals surface area contributed by atoms with Crippen molar-refractivity contribution < 1.29 is 23.1 Å². The van der Waals surface area contributed by atoms with Gasteiger partial charge in [-0.1, -0.05) is 0 Å². The molecule has 0 unspecified atom stereocenters. The Labute approximate surface area is 162 Å². The fraction of sp³-hybridized carbons (Fsp3) is 0.700. The van der Waals surface area contributed by atoms with Gasteiger partial charge in [0, 0.05) is 31.9 Å². The van der Waals surface area contributed by atoms with Gasteiger partial charge < -0.3 is 14.9 Å². The lowest BCUT2D eigenvalue weighted by Gasteiger charge is -2.41. The molecule has 1 spiro atoms. The van der Waals surface area contributed by atoms with E-state index in [2.05, 4.69) is 4.98 Å². The smallest absolute Gasteiger partial charge is 0.393 e. The van der Waals surface area contributed by atoms with Crippen LogP contribution in [0.2, 0.25) is 0 Å². The number of rotatable bonds is 2. The Bertz CT molecular complexity index is 734. The third kappa shape index (κ3) is 3.58. The predicted octanol–water partition coefficient (Wildman–Crippen LogP) is 3.22. The van der Waals surface area contributed by atoms with Crippen molar-refractivity contribution in [3.8, 4) is 0 Å². The Balaban J connectivity index is 1.50. The lowest BCUT2D eigenvalue weighted by atomic mass is 9.78. The Hall–Kier alpha value is -1.83. The summed E-state index contributed by atoms with van der Waals surface area (Å²) in [5.74, 6) is 0.423. The van der Waals surface area contributed by atoms with Crippen molar-refractivity contribution in [3.05, 3.63) is 23.9 Å². The van der Waals surface area contributed by atoms with Crippen LogP contribution in [0.25, 0.3) is 0 Å². The van der Waals surface area contributed by atoms with Crippen LogP contribution in [-0.4, -0.2) is 52.7 Å². The van der Waals surface area contributed by atoms with E-state index in [0.717, 1.165) is 57.1 Å². The van der Waals surface area contributed by atoms with Crippen LogP contribution >= 0.6 is 0 Å². The largest absolute Gasteiger partial charge is 0.416 e. The van der Waals surface area contributed by atoms with Crippen LogP contribution in [0.1, 0.15) is 50.5 Å². The molecule has 0 radical (unpaired) electrons. The number of anilines is 1. The monoisotopic (exact) mass is 397 g/mol. The fourth-order valence-electron chi connectivity index (χ4n) is 5.04. The number of likely N-dealkylation sites (tertiary alicyclic amines) is 1. The predicted molar refractivity (Wildman–Crippen MR) is 97.7 cm³/mol. The van der Waals surface area contributed by atoms with Crippen LogP contribution in [0.5, 0.6) is 0 Å². The average molecular weight is 397 g/mol. The number of alkyl halides is 3. The molecule has 0 aromatic carbocycles. The minimum Gasteiger partial charge on any atom is -0.393 e. The van der Waals surface area contributed by atoms with Crippen molar-refractivity contribution in [1.82, 2.24) is 9.88 Å². The lowest BCUT2D eigenvalue weighted by Crippen LogP contribution is -2.50. The van der Waals surface area contributed by atoms with Crippen LogP contribution in [0, 0.1) is 5.41 Å². The van der Waals surface area contributed by atoms with Gasteiger partial charge in [-0.25, -0.2) is 4.98 Å². The molecule has 1 saturated carbocycles. The molecular formula is C20H26F3N3O2. The molecule has 1 aromatic rings. The summed E-state index contributed by atoms with van der Waals surface area (Å²) in [7, 11) is 0. The molecule has 1 N–H and O–H groups in total. The third-order valence-corrected chi connectivity index (χ3v) is 6.63. The number of piperidine rings is 1. The standard InChI is InChI=1S/C20H26F3N3O2/c21-20(22,23)14-6-9-24-17(12-14)25-10-1-7-19(13-25)8-11-26(18(19)28)15-2-4-16(27)5-3-15/h6,9,12,15-16,27H,1-5,7-8,10-11,13H2/t15-,16-,19-/m1/s1. The molecule has 1 aromatic heterocycles. The second-order valence-electron chi connectivity index (χ2n) is 8.42.